The predicted molar refractivity (Wildman–Crippen MR) is 87.0 cm³/mol. The molecular weight excluding hydrogens is 278 g/mol. The Labute approximate surface area is 132 Å². The maximum absolute atomic E-state index is 11.8. The molecule has 1 saturated heterocycles. The molecule has 0 spiro atoms. The number of quaternary nitrogens is 1. The largest absolute Gasteiger partial charge is 0.497 e. The molecule has 1 aromatic carbocycles. The third kappa shape index (κ3) is 5.53. The number of esters is 1. The van der Waals surface area contributed by atoms with Crippen molar-refractivity contribution in [1.29, 1.82) is 0 Å². The zero-order valence-corrected chi connectivity index (χ0v) is 13.5. The lowest BCUT2D eigenvalue weighted by molar-refractivity contribution is -0.907. The first kappa shape index (κ1) is 16.6. The molecule has 4 nitrogen and oxygen atoms in total. The zero-order chi connectivity index (χ0) is 15.8. The van der Waals surface area contributed by atoms with E-state index in [1.807, 2.05) is 31.2 Å². The van der Waals surface area contributed by atoms with E-state index in [0.717, 1.165) is 17.9 Å². The first-order valence-corrected chi connectivity index (χ1v) is 8.03. The van der Waals surface area contributed by atoms with Crippen LogP contribution in [0, 0.1) is 0 Å². The summed E-state index contributed by atoms with van der Waals surface area (Å²) in [7, 11) is 1.63. The van der Waals surface area contributed by atoms with Gasteiger partial charge in [-0.15, -0.1) is 0 Å². The Morgan fingerprint density at radius 3 is 2.55 bits per heavy atom. The number of ether oxygens (including phenoxy) is 2. The van der Waals surface area contributed by atoms with Crippen LogP contribution in [0.3, 0.4) is 0 Å². The maximum atomic E-state index is 11.8. The topological polar surface area (TPSA) is 40.0 Å². The van der Waals surface area contributed by atoms with E-state index in [9.17, 15) is 4.79 Å². The van der Waals surface area contributed by atoms with Gasteiger partial charge in [-0.3, -0.25) is 0 Å². The second-order valence-corrected chi connectivity index (χ2v) is 5.87. The summed E-state index contributed by atoms with van der Waals surface area (Å²) in [6.07, 6.45) is 7.12. The molecule has 1 N–H and O–H groups in total. The summed E-state index contributed by atoms with van der Waals surface area (Å²) in [4.78, 5) is 13.4. The van der Waals surface area contributed by atoms with Gasteiger partial charge in [0.15, 0.2) is 0 Å². The van der Waals surface area contributed by atoms with Crippen LogP contribution in [0.2, 0.25) is 0 Å². The van der Waals surface area contributed by atoms with Crippen molar-refractivity contribution in [3.63, 3.8) is 0 Å². The number of methoxy groups -OCH3 is 1. The van der Waals surface area contributed by atoms with Crippen molar-refractivity contribution in [2.24, 2.45) is 0 Å². The number of likely N-dealkylation sites (tertiary alicyclic amines) is 1. The summed E-state index contributed by atoms with van der Waals surface area (Å²) in [5.74, 6) is 0.526. The van der Waals surface area contributed by atoms with Gasteiger partial charge in [0.05, 0.1) is 20.2 Å². The highest BCUT2D eigenvalue weighted by molar-refractivity contribution is 5.87. The fraction of sp³-hybridized carbons (Fsp3) is 0.500. The second-order valence-electron chi connectivity index (χ2n) is 5.87. The van der Waals surface area contributed by atoms with Crippen LogP contribution in [0.25, 0.3) is 6.08 Å². The summed E-state index contributed by atoms with van der Waals surface area (Å²) < 4.78 is 10.5. The monoisotopic (exact) mass is 304 g/mol. The molecule has 1 atom stereocenters. The molecule has 0 aliphatic carbocycles. The van der Waals surface area contributed by atoms with Gasteiger partial charge in [-0.05, 0) is 50.0 Å². The van der Waals surface area contributed by atoms with Crippen LogP contribution < -0.4 is 9.64 Å². The summed E-state index contributed by atoms with van der Waals surface area (Å²) in [5, 5.41) is 0. The van der Waals surface area contributed by atoms with E-state index in [-0.39, 0.29) is 12.1 Å². The molecule has 0 saturated carbocycles. The average Bonchev–Trinajstić information content (AvgIpc) is 2.54. The highest BCUT2D eigenvalue weighted by atomic mass is 16.5. The highest BCUT2D eigenvalue weighted by Gasteiger charge is 2.18. The van der Waals surface area contributed by atoms with Crippen LogP contribution >= 0.6 is 0 Å². The van der Waals surface area contributed by atoms with Gasteiger partial charge < -0.3 is 14.4 Å². The number of piperidine rings is 1. The standard InChI is InChI=1S/C18H25NO3/c1-15(14-19-12-4-3-5-13-19)22-18(20)11-8-16-6-9-17(21-2)10-7-16/h6-11,15H,3-5,12-14H2,1-2H3/p+1/b11-8+/t15-/m1/s1. The molecule has 22 heavy (non-hydrogen) atoms. The molecule has 4 heteroatoms. The average molecular weight is 304 g/mol. The summed E-state index contributed by atoms with van der Waals surface area (Å²) >= 11 is 0. The fourth-order valence-corrected chi connectivity index (χ4v) is 2.82. The van der Waals surface area contributed by atoms with Crippen molar-refractivity contribution < 1.29 is 19.2 Å². The Hall–Kier alpha value is -1.81. The molecule has 0 unspecified atom stereocenters. The lowest BCUT2D eigenvalue weighted by atomic mass is 10.1. The molecule has 0 amide bonds. The van der Waals surface area contributed by atoms with Gasteiger partial charge in [-0.1, -0.05) is 12.1 Å². The lowest BCUT2D eigenvalue weighted by Crippen LogP contribution is -3.13. The minimum atomic E-state index is -0.278. The van der Waals surface area contributed by atoms with E-state index in [4.69, 9.17) is 9.47 Å². The molecule has 1 aliphatic rings. The summed E-state index contributed by atoms with van der Waals surface area (Å²) in [6, 6.07) is 7.55. The van der Waals surface area contributed by atoms with Gasteiger partial charge in [0.25, 0.3) is 0 Å². The zero-order valence-electron chi connectivity index (χ0n) is 13.5. The molecule has 1 heterocycles. The van der Waals surface area contributed by atoms with Crippen LogP contribution in [0.4, 0.5) is 0 Å². The SMILES string of the molecule is COc1ccc(/C=C/C(=O)O[C@H](C)C[NH+]2CCCCC2)cc1. The van der Waals surface area contributed by atoms with Gasteiger partial charge in [0.2, 0.25) is 0 Å². The minimum Gasteiger partial charge on any atom is -0.497 e. The second kappa shape index (κ2) is 8.59. The van der Waals surface area contributed by atoms with Crippen LogP contribution in [-0.2, 0) is 9.53 Å². The van der Waals surface area contributed by atoms with E-state index in [1.165, 1.54) is 38.4 Å². The first-order chi connectivity index (χ1) is 10.7. The van der Waals surface area contributed by atoms with Crippen molar-refractivity contribution in [3.8, 4) is 5.75 Å². The Morgan fingerprint density at radius 1 is 1.23 bits per heavy atom. The van der Waals surface area contributed by atoms with Crippen LogP contribution in [-0.4, -0.2) is 38.8 Å². The molecule has 1 fully saturated rings. The molecule has 1 aliphatic heterocycles. The van der Waals surface area contributed by atoms with Crippen molar-refractivity contribution in [1.82, 2.24) is 0 Å². The Morgan fingerprint density at radius 2 is 1.91 bits per heavy atom. The maximum Gasteiger partial charge on any atom is 0.331 e. The van der Waals surface area contributed by atoms with Crippen molar-refractivity contribution >= 4 is 12.0 Å². The normalized spacial score (nSPS) is 17.4. The third-order valence-electron chi connectivity index (χ3n) is 3.98. The molecular formula is C18H26NO3+. The molecule has 0 aromatic heterocycles. The molecule has 120 valence electrons. The molecule has 0 bridgehead atoms. The Kier molecular flexibility index (Phi) is 6.46. The van der Waals surface area contributed by atoms with E-state index >= 15 is 0 Å². The van der Waals surface area contributed by atoms with Gasteiger partial charge >= 0.3 is 5.97 Å². The number of carbonyl (C=O) groups excluding carboxylic acids is 1. The molecule has 1 aromatic rings. The highest BCUT2D eigenvalue weighted by Crippen LogP contribution is 2.12. The van der Waals surface area contributed by atoms with Crippen molar-refractivity contribution in [2.45, 2.75) is 32.3 Å². The molecule has 0 radical (unpaired) electrons. The Bertz CT molecular complexity index is 490. The van der Waals surface area contributed by atoms with E-state index < -0.39 is 0 Å². The fourth-order valence-electron chi connectivity index (χ4n) is 2.82. The third-order valence-corrected chi connectivity index (χ3v) is 3.98. The first-order valence-electron chi connectivity index (χ1n) is 8.03. The number of carbonyl (C=O) groups is 1. The smallest absolute Gasteiger partial charge is 0.331 e. The number of rotatable bonds is 6. The van der Waals surface area contributed by atoms with E-state index in [2.05, 4.69) is 0 Å². The predicted octanol–water partition coefficient (Wildman–Crippen LogP) is 1.71. The van der Waals surface area contributed by atoms with Gasteiger partial charge in [-0.2, -0.15) is 0 Å². The van der Waals surface area contributed by atoms with Crippen LogP contribution in [0.1, 0.15) is 31.7 Å². The van der Waals surface area contributed by atoms with Gasteiger partial charge in [0, 0.05) is 6.08 Å². The number of hydrogen-bond donors (Lipinski definition) is 1. The number of nitrogens with one attached hydrogen (secondary N) is 1. The van der Waals surface area contributed by atoms with Gasteiger partial charge in [0.1, 0.15) is 18.4 Å². The summed E-state index contributed by atoms with van der Waals surface area (Å²) in [6.45, 7) is 5.27. The molecule has 2 rings (SSSR count). The summed E-state index contributed by atoms with van der Waals surface area (Å²) in [5.41, 5.74) is 0.951. The number of benzene rings is 1. The quantitative estimate of drug-likeness (QED) is 0.642. The lowest BCUT2D eigenvalue weighted by Gasteiger charge is -2.25. The van der Waals surface area contributed by atoms with Crippen molar-refractivity contribution in [3.05, 3.63) is 35.9 Å². The minimum absolute atomic E-state index is 0.0406. The Balaban J connectivity index is 1.76. The van der Waals surface area contributed by atoms with Crippen molar-refractivity contribution in [2.75, 3.05) is 26.7 Å². The van der Waals surface area contributed by atoms with Crippen LogP contribution in [0.5, 0.6) is 5.75 Å². The van der Waals surface area contributed by atoms with E-state index in [0.29, 0.717) is 0 Å². The number of hydrogen-bond acceptors (Lipinski definition) is 3. The van der Waals surface area contributed by atoms with E-state index in [1.54, 1.807) is 18.1 Å². The van der Waals surface area contributed by atoms with Gasteiger partial charge in [-0.25, -0.2) is 4.79 Å². The van der Waals surface area contributed by atoms with Crippen LogP contribution in [0.15, 0.2) is 30.3 Å².